The van der Waals surface area contributed by atoms with Gasteiger partial charge in [-0.1, -0.05) is 24.3 Å². The Labute approximate surface area is 168 Å². The molecule has 0 saturated heterocycles. The molecular weight excluding hydrogens is 390 g/mol. The molecule has 0 saturated carbocycles. The number of amidine groups is 1. The number of aromatic amines is 1. The molecule has 29 heavy (non-hydrogen) atoms. The van der Waals surface area contributed by atoms with Gasteiger partial charge in [0.15, 0.2) is 5.84 Å². The molecule has 1 amide bonds. The molecule has 0 atom stereocenters. The molecule has 2 N–H and O–H groups in total. The molecule has 1 aliphatic heterocycles. The maximum Gasteiger partial charge on any atom is 0.285 e. The summed E-state index contributed by atoms with van der Waals surface area (Å²) in [6.07, 6.45) is 1.47. The molecule has 0 unspecified atom stereocenters. The number of fused-ring (bicyclic) bond motifs is 2. The van der Waals surface area contributed by atoms with Crippen molar-refractivity contribution in [2.75, 3.05) is 20.1 Å². The van der Waals surface area contributed by atoms with E-state index in [-0.39, 0.29) is 23.2 Å². The van der Waals surface area contributed by atoms with Crippen LogP contribution in [-0.2, 0) is 21.2 Å². The van der Waals surface area contributed by atoms with Gasteiger partial charge in [0.05, 0.1) is 17.6 Å². The molecule has 0 fully saturated rings. The number of hydrogen-bond acceptors (Lipinski definition) is 5. The number of para-hydroxylation sites is 2. The number of nitrogens with one attached hydrogen (secondary N) is 2. The number of hydrogen-bond donors (Lipinski definition) is 2. The second kappa shape index (κ2) is 7.67. The third kappa shape index (κ3) is 4.00. The molecule has 0 aliphatic carbocycles. The van der Waals surface area contributed by atoms with Crippen molar-refractivity contribution in [3.05, 3.63) is 59.9 Å². The average molecular weight is 411 g/mol. The zero-order chi connectivity index (χ0) is 20.4. The summed E-state index contributed by atoms with van der Waals surface area (Å²) in [5.41, 5.74) is 2.45. The van der Waals surface area contributed by atoms with Crippen molar-refractivity contribution in [3.63, 3.8) is 0 Å². The Morgan fingerprint density at radius 3 is 2.72 bits per heavy atom. The monoisotopic (exact) mass is 411 g/mol. The molecule has 0 radical (unpaired) electrons. The minimum absolute atomic E-state index is 0.0212. The number of carbonyl (C=O) groups excluding carboxylic acids is 1. The van der Waals surface area contributed by atoms with Gasteiger partial charge in [-0.2, -0.15) is 8.42 Å². The maximum atomic E-state index is 12.3. The zero-order valence-electron chi connectivity index (χ0n) is 15.9. The van der Waals surface area contributed by atoms with Crippen LogP contribution < -0.4 is 5.32 Å². The van der Waals surface area contributed by atoms with Crippen LogP contribution in [0, 0.1) is 0 Å². The number of likely N-dealkylation sites (N-methyl/N-ethyl adjacent to an activating group) is 1. The molecule has 0 spiro atoms. The van der Waals surface area contributed by atoms with E-state index < -0.39 is 10.0 Å². The summed E-state index contributed by atoms with van der Waals surface area (Å²) in [7, 11) is -2.04. The minimum Gasteiger partial charge on any atom is -0.355 e. The summed E-state index contributed by atoms with van der Waals surface area (Å²) < 4.78 is 28.1. The molecule has 4 rings (SSSR count). The standard InChI is InChI=1S/C20H21N5O3S/c1-25(20-14-7-2-5-10-17(14)29(27,28)24-20)13-19(26)21-12-6-11-18-22-15-8-3-4-9-16(15)23-18/h2-5,7-10H,6,11-13H2,1H3,(H,21,26)(H,22,23). The predicted molar refractivity (Wildman–Crippen MR) is 110 cm³/mol. The normalized spacial score (nSPS) is 14.4. The number of carbonyl (C=O) groups is 1. The number of nitrogens with zero attached hydrogens (tertiary/aromatic N) is 3. The molecule has 0 bridgehead atoms. The van der Waals surface area contributed by atoms with Crippen LogP contribution >= 0.6 is 0 Å². The SMILES string of the molecule is CN(CC(=O)NCCCc1nc2ccccc2[nH]1)C1=NS(=O)(=O)c2ccccc21. The lowest BCUT2D eigenvalue weighted by Crippen LogP contribution is -2.38. The topological polar surface area (TPSA) is 108 Å². The smallest absolute Gasteiger partial charge is 0.285 e. The van der Waals surface area contributed by atoms with Gasteiger partial charge in [0.2, 0.25) is 5.91 Å². The Morgan fingerprint density at radius 1 is 1.14 bits per heavy atom. The number of aryl methyl sites for hydroxylation is 1. The molecule has 2 heterocycles. The first-order valence-corrected chi connectivity index (χ1v) is 10.7. The van der Waals surface area contributed by atoms with E-state index in [1.807, 2.05) is 24.3 Å². The third-order valence-corrected chi connectivity index (χ3v) is 6.03. The van der Waals surface area contributed by atoms with E-state index in [0.29, 0.717) is 12.1 Å². The average Bonchev–Trinajstić information content (AvgIpc) is 3.24. The number of rotatable bonds is 6. The van der Waals surface area contributed by atoms with Crippen molar-refractivity contribution in [1.29, 1.82) is 0 Å². The lowest BCUT2D eigenvalue weighted by atomic mass is 10.2. The maximum absolute atomic E-state index is 12.3. The van der Waals surface area contributed by atoms with E-state index in [4.69, 9.17) is 0 Å². The zero-order valence-corrected chi connectivity index (χ0v) is 16.7. The predicted octanol–water partition coefficient (Wildman–Crippen LogP) is 1.69. The van der Waals surface area contributed by atoms with Crippen LogP contribution in [0.5, 0.6) is 0 Å². The van der Waals surface area contributed by atoms with E-state index in [9.17, 15) is 13.2 Å². The highest BCUT2D eigenvalue weighted by molar-refractivity contribution is 7.90. The Kier molecular flexibility index (Phi) is 5.06. The Balaban J connectivity index is 1.29. The highest BCUT2D eigenvalue weighted by atomic mass is 32.2. The number of imidazole rings is 1. The first-order valence-electron chi connectivity index (χ1n) is 9.30. The van der Waals surface area contributed by atoms with Crippen LogP contribution in [0.2, 0.25) is 0 Å². The van der Waals surface area contributed by atoms with Crippen molar-refractivity contribution < 1.29 is 13.2 Å². The van der Waals surface area contributed by atoms with Gasteiger partial charge in [0, 0.05) is 25.6 Å². The molecule has 1 aliphatic rings. The fourth-order valence-electron chi connectivity index (χ4n) is 3.32. The van der Waals surface area contributed by atoms with E-state index in [1.54, 1.807) is 30.1 Å². The van der Waals surface area contributed by atoms with Crippen LogP contribution in [0.4, 0.5) is 0 Å². The van der Waals surface area contributed by atoms with Gasteiger partial charge in [-0.3, -0.25) is 4.79 Å². The molecule has 2 aromatic carbocycles. The summed E-state index contributed by atoms with van der Waals surface area (Å²) in [4.78, 5) is 21.8. The van der Waals surface area contributed by atoms with Gasteiger partial charge in [0.25, 0.3) is 10.0 Å². The molecule has 150 valence electrons. The second-order valence-electron chi connectivity index (χ2n) is 6.90. The number of H-pyrrole nitrogens is 1. The fourth-order valence-corrected chi connectivity index (χ4v) is 4.57. The van der Waals surface area contributed by atoms with Gasteiger partial charge in [-0.25, -0.2) is 4.98 Å². The quantitative estimate of drug-likeness (QED) is 0.600. The molecular formula is C20H21N5O3S. The van der Waals surface area contributed by atoms with Crippen molar-refractivity contribution in [2.45, 2.75) is 17.7 Å². The number of amides is 1. The minimum atomic E-state index is -3.69. The van der Waals surface area contributed by atoms with Crippen molar-refractivity contribution in [1.82, 2.24) is 20.2 Å². The van der Waals surface area contributed by atoms with Crippen LogP contribution in [0.25, 0.3) is 11.0 Å². The van der Waals surface area contributed by atoms with Crippen molar-refractivity contribution in [2.24, 2.45) is 4.40 Å². The summed E-state index contributed by atoms with van der Waals surface area (Å²) in [6.45, 7) is 0.526. The summed E-state index contributed by atoms with van der Waals surface area (Å²) >= 11 is 0. The summed E-state index contributed by atoms with van der Waals surface area (Å²) in [5.74, 6) is 0.985. The summed E-state index contributed by atoms with van der Waals surface area (Å²) in [6, 6.07) is 14.5. The number of benzene rings is 2. The first kappa shape index (κ1) is 19.1. The highest BCUT2D eigenvalue weighted by Crippen LogP contribution is 2.26. The first-order chi connectivity index (χ1) is 13.9. The van der Waals surface area contributed by atoms with E-state index >= 15 is 0 Å². The van der Waals surface area contributed by atoms with Crippen molar-refractivity contribution >= 4 is 32.8 Å². The van der Waals surface area contributed by atoms with E-state index in [2.05, 4.69) is 19.7 Å². The Hall–Kier alpha value is -3.20. The summed E-state index contributed by atoms with van der Waals surface area (Å²) in [5, 5.41) is 2.86. The number of aromatic nitrogens is 2. The van der Waals surface area contributed by atoms with Crippen LogP contribution in [-0.4, -0.2) is 55.2 Å². The molecule has 3 aromatic rings. The Bertz CT molecular complexity index is 1170. The number of sulfonamides is 1. The molecule has 1 aromatic heterocycles. The molecule has 8 nitrogen and oxygen atoms in total. The van der Waals surface area contributed by atoms with Gasteiger partial charge in [0.1, 0.15) is 10.7 Å². The molecule has 9 heteroatoms. The van der Waals surface area contributed by atoms with Crippen LogP contribution in [0.15, 0.2) is 57.8 Å². The van der Waals surface area contributed by atoms with Gasteiger partial charge in [-0.05, 0) is 30.7 Å². The largest absolute Gasteiger partial charge is 0.355 e. The second-order valence-corrected chi connectivity index (χ2v) is 8.47. The Morgan fingerprint density at radius 2 is 1.90 bits per heavy atom. The third-order valence-electron chi connectivity index (χ3n) is 4.71. The van der Waals surface area contributed by atoms with Gasteiger partial charge in [-0.15, -0.1) is 4.40 Å². The van der Waals surface area contributed by atoms with Gasteiger partial charge >= 0.3 is 0 Å². The fraction of sp³-hybridized carbons (Fsp3) is 0.250. The van der Waals surface area contributed by atoms with Crippen LogP contribution in [0.1, 0.15) is 17.8 Å². The highest BCUT2D eigenvalue weighted by Gasteiger charge is 2.30. The van der Waals surface area contributed by atoms with Crippen LogP contribution in [0.3, 0.4) is 0 Å². The van der Waals surface area contributed by atoms with Crippen molar-refractivity contribution in [3.8, 4) is 0 Å². The van der Waals surface area contributed by atoms with Gasteiger partial charge < -0.3 is 15.2 Å². The van der Waals surface area contributed by atoms with E-state index in [1.165, 1.54) is 6.07 Å². The lowest BCUT2D eigenvalue weighted by Gasteiger charge is -2.18. The lowest BCUT2D eigenvalue weighted by molar-refractivity contribution is -0.121. The van der Waals surface area contributed by atoms with E-state index in [0.717, 1.165) is 29.7 Å².